The zero-order chi connectivity index (χ0) is 17.2. The van der Waals surface area contributed by atoms with E-state index >= 15 is 0 Å². The van der Waals surface area contributed by atoms with E-state index in [0.717, 1.165) is 37.7 Å². The summed E-state index contributed by atoms with van der Waals surface area (Å²) in [5, 5.41) is 20.6. The van der Waals surface area contributed by atoms with Gasteiger partial charge in [0.2, 0.25) is 0 Å². The van der Waals surface area contributed by atoms with Crippen molar-refractivity contribution in [2.75, 3.05) is 0 Å². The van der Waals surface area contributed by atoms with Gasteiger partial charge >= 0.3 is 0 Å². The van der Waals surface area contributed by atoms with Crippen molar-refractivity contribution < 1.29 is 10.2 Å². The van der Waals surface area contributed by atoms with Gasteiger partial charge in [0, 0.05) is 11.5 Å². The Bertz CT molecular complexity index is 506. The lowest BCUT2D eigenvalue weighted by Gasteiger charge is -2.22. The molecule has 0 radical (unpaired) electrons. The van der Waals surface area contributed by atoms with Crippen LogP contribution in [0.4, 0.5) is 0 Å². The second kappa shape index (κ2) is 10.1. The fourth-order valence-electron chi connectivity index (χ4n) is 3.12. The highest BCUT2D eigenvalue weighted by atomic mass is 16.3. The maximum atomic E-state index is 10.3. The van der Waals surface area contributed by atoms with E-state index in [1.54, 1.807) is 6.08 Å². The Hall–Kier alpha value is -1.70. The molecular formula is C21H32O2. The van der Waals surface area contributed by atoms with Crippen LogP contribution in [0.25, 0.3) is 0 Å². The van der Waals surface area contributed by atoms with Crippen LogP contribution < -0.4 is 0 Å². The van der Waals surface area contributed by atoms with Crippen molar-refractivity contribution in [1.82, 2.24) is 0 Å². The van der Waals surface area contributed by atoms with Crippen LogP contribution in [0.15, 0.2) is 36.4 Å². The second-order valence-corrected chi connectivity index (χ2v) is 6.42. The minimum Gasteiger partial charge on any atom is -0.507 e. The van der Waals surface area contributed by atoms with Gasteiger partial charge in [0.15, 0.2) is 0 Å². The Kier molecular flexibility index (Phi) is 8.53. The van der Waals surface area contributed by atoms with Crippen LogP contribution in [0.3, 0.4) is 0 Å². The van der Waals surface area contributed by atoms with E-state index in [-0.39, 0.29) is 17.4 Å². The molecule has 1 aromatic carbocycles. The number of phenols is 2. The summed E-state index contributed by atoms with van der Waals surface area (Å²) in [6, 6.07) is 3.67. The molecule has 0 unspecified atom stereocenters. The predicted molar refractivity (Wildman–Crippen MR) is 99.2 cm³/mol. The first-order valence-electron chi connectivity index (χ1n) is 8.82. The molecule has 0 bridgehead atoms. The van der Waals surface area contributed by atoms with Crippen molar-refractivity contribution in [3.8, 4) is 11.5 Å². The fourth-order valence-corrected chi connectivity index (χ4v) is 3.12. The molecule has 2 rings (SSSR count). The minimum atomic E-state index is 0.161. The summed E-state index contributed by atoms with van der Waals surface area (Å²) in [6.07, 6.45) is 11.6. The number of rotatable bonds is 5. The molecule has 1 aromatic rings. The maximum absolute atomic E-state index is 10.3. The first kappa shape index (κ1) is 19.3. The number of phenolic OH excluding ortho intramolecular Hbond substituents is 2. The van der Waals surface area contributed by atoms with Crippen LogP contribution in [-0.4, -0.2) is 10.2 Å². The molecule has 0 amide bonds. The number of allylic oxidation sites excluding steroid dienone is 3. The van der Waals surface area contributed by atoms with Crippen LogP contribution in [0.1, 0.15) is 76.3 Å². The number of aromatic hydroxyl groups is 2. The molecular weight excluding hydrogens is 284 g/mol. The Labute approximate surface area is 141 Å². The third kappa shape index (κ3) is 6.13. The molecule has 128 valence electrons. The normalized spacial score (nSPS) is 17.0. The molecule has 0 heterocycles. The van der Waals surface area contributed by atoms with E-state index < -0.39 is 0 Å². The Morgan fingerprint density at radius 2 is 1.83 bits per heavy atom. The predicted octanol–water partition coefficient (Wildman–Crippen LogP) is 6.24. The van der Waals surface area contributed by atoms with Gasteiger partial charge in [0.05, 0.1) is 0 Å². The first-order valence-corrected chi connectivity index (χ1v) is 8.82. The number of unbranched alkanes of at least 4 members (excludes halogenated alkanes) is 2. The smallest absolute Gasteiger partial charge is 0.123 e. The zero-order valence-corrected chi connectivity index (χ0v) is 14.9. The summed E-state index contributed by atoms with van der Waals surface area (Å²) in [6.45, 7) is 9.55. The summed E-state index contributed by atoms with van der Waals surface area (Å²) in [7, 11) is 0. The summed E-state index contributed by atoms with van der Waals surface area (Å²) in [5.41, 5.74) is 3.10. The van der Waals surface area contributed by atoms with Crippen molar-refractivity contribution in [2.24, 2.45) is 0 Å². The van der Waals surface area contributed by atoms with Crippen LogP contribution in [0, 0.1) is 0 Å². The number of benzene rings is 1. The molecule has 1 aliphatic rings. The van der Waals surface area contributed by atoms with Crippen LogP contribution in [0.5, 0.6) is 11.5 Å². The van der Waals surface area contributed by atoms with Crippen molar-refractivity contribution in [3.05, 3.63) is 47.6 Å². The fraction of sp³-hybridized carbons (Fsp3) is 0.524. The molecule has 0 spiro atoms. The monoisotopic (exact) mass is 316 g/mol. The number of aryl methyl sites for hydroxylation is 1. The average Bonchev–Trinajstić information content (AvgIpc) is 2.48. The van der Waals surface area contributed by atoms with Crippen LogP contribution in [-0.2, 0) is 6.42 Å². The van der Waals surface area contributed by atoms with E-state index in [0.29, 0.717) is 5.56 Å². The zero-order valence-electron chi connectivity index (χ0n) is 14.9. The quantitative estimate of drug-likeness (QED) is 0.499. The molecule has 0 saturated heterocycles. The van der Waals surface area contributed by atoms with Gasteiger partial charge in [-0.3, -0.25) is 0 Å². The lowest BCUT2D eigenvalue weighted by molar-refractivity contribution is 0.427. The van der Waals surface area contributed by atoms with Crippen molar-refractivity contribution in [3.63, 3.8) is 0 Å². The number of hydrogen-bond donors (Lipinski definition) is 2. The van der Waals surface area contributed by atoms with Crippen molar-refractivity contribution >= 4 is 0 Å². The van der Waals surface area contributed by atoms with Gasteiger partial charge in [-0.05, 0) is 63.6 Å². The SMILES string of the molecule is C=CC.CCCCCc1cc(O)c([C@@H]2C=C(C)CCC2)c(O)c1. The summed E-state index contributed by atoms with van der Waals surface area (Å²) in [5.74, 6) is 0.674. The molecule has 1 aliphatic carbocycles. The summed E-state index contributed by atoms with van der Waals surface area (Å²) >= 11 is 0. The Balaban J connectivity index is 0.000000816. The largest absolute Gasteiger partial charge is 0.507 e. The second-order valence-electron chi connectivity index (χ2n) is 6.42. The third-order valence-corrected chi connectivity index (χ3v) is 4.21. The van der Waals surface area contributed by atoms with E-state index in [1.165, 1.54) is 18.4 Å². The molecule has 0 aromatic heterocycles. The van der Waals surface area contributed by atoms with E-state index in [1.807, 2.05) is 19.1 Å². The highest BCUT2D eigenvalue weighted by molar-refractivity contribution is 5.50. The van der Waals surface area contributed by atoms with Gasteiger partial charge in [-0.25, -0.2) is 0 Å². The van der Waals surface area contributed by atoms with Gasteiger partial charge in [-0.15, -0.1) is 6.58 Å². The van der Waals surface area contributed by atoms with Gasteiger partial charge in [-0.2, -0.15) is 0 Å². The lowest BCUT2D eigenvalue weighted by atomic mass is 9.84. The van der Waals surface area contributed by atoms with E-state index in [4.69, 9.17) is 0 Å². The third-order valence-electron chi connectivity index (χ3n) is 4.21. The lowest BCUT2D eigenvalue weighted by Crippen LogP contribution is -2.03. The summed E-state index contributed by atoms with van der Waals surface area (Å²) in [4.78, 5) is 0. The van der Waals surface area contributed by atoms with E-state index in [2.05, 4.69) is 26.5 Å². The van der Waals surface area contributed by atoms with Gasteiger partial charge in [-0.1, -0.05) is 37.5 Å². The minimum absolute atomic E-state index is 0.161. The maximum Gasteiger partial charge on any atom is 0.123 e. The van der Waals surface area contributed by atoms with Gasteiger partial charge < -0.3 is 10.2 Å². The van der Waals surface area contributed by atoms with Crippen molar-refractivity contribution in [1.29, 1.82) is 0 Å². The van der Waals surface area contributed by atoms with Crippen LogP contribution >= 0.6 is 0 Å². The average molecular weight is 316 g/mol. The summed E-state index contributed by atoms with van der Waals surface area (Å²) < 4.78 is 0. The molecule has 0 fully saturated rings. The molecule has 2 heteroatoms. The first-order chi connectivity index (χ1) is 11.0. The molecule has 2 N–H and O–H groups in total. The Morgan fingerprint density at radius 1 is 1.22 bits per heavy atom. The van der Waals surface area contributed by atoms with Gasteiger partial charge in [0.1, 0.15) is 11.5 Å². The molecule has 2 nitrogen and oxygen atoms in total. The van der Waals surface area contributed by atoms with Crippen LogP contribution in [0.2, 0.25) is 0 Å². The van der Waals surface area contributed by atoms with E-state index in [9.17, 15) is 10.2 Å². The molecule has 1 atom stereocenters. The van der Waals surface area contributed by atoms with Gasteiger partial charge in [0.25, 0.3) is 0 Å². The number of hydrogen-bond acceptors (Lipinski definition) is 2. The molecule has 0 aliphatic heterocycles. The molecule has 23 heavy (non-hydrogen) atoms. The molecule has 0 saturated carbocycles. The van der Waals surface area contributed by atoms with Crippen molar-refractivity contribution in [2.45, 2.75) is 71.6 Å². The standard InChI is InChI=1S/C18H26O2.C3H6/c1-3-4-5-8-14-11-16(19)18(17(20)12-14)15-9-6-7-13(2)10-15;1-3-2/h10-12,15,19-20H,3-9H2,1-2H3;3H,1H2,2H3/t15-;/m0./s1. The highest BCUT2D eigenvalue weighted by Gasteiger charge is 2.21. The highest BCUT2D eigenvalue weighted by Crippen LogP contribution is 2.41. The Morgan fingerprint density at radius 3 is 2.35 bits per heavy atom. The topological polar surface area (TPSA) is 40.5 Å².